The molecule has 0 spiro atoms. The molecule has 134 valence electrons. The van der Waals surface area contributed by atoms with E-state index in [4.69, 9.17) is 11.0 Å². The molecular formula is C21H19N5O. The maximum absolute atomic E-state index is 11.9. The van der Waals surface area contributed by atoms with Crippen LogP contribution in [0.4, 0.5) is 0 Å². The van der Waals surface area contributed by atoms with Crippen molar-refractivity contribution in [3.05, 3.63) is 71.4 Å². The summed E-state index contributed by atoms with van der Waals surface area (Å²) in [5, 5.41) is 17.0. The fourth-order valence-corrected chi connectivity index (χ4v) is 3.47. The van der Waals surface area contributed by atoms with Gasteiger partial charge in [0, 0.05) is 12.1 Å². The van der Waals surface area contributed by atoms with Crippen molar-refractivity contribution in [1.82, 2.24) is 15.1 Å². The molecule has 6 nitrogen and oxygen atoms in total. The van der Waals surface area contributed by atoms with E-state index in [0.29, 0.717) is 22.9 Å². The SMILES string of the molecule is N#Cc1cccc(-c2cc(C(N)=O)n(-c3ccc(C4CCNC4)cc3)n2)c1. The molecule has 3 aromatic rings. The van der Waals surface area contributed by atoms with Gasteiger partial charge >= 0.3 is 0 Å². The van der Waals surface area contributed by atoms with Crippen molar-refractivity contribution < 1.29 is 4.79 Å². The minimum absolute atomic E-state index is 0.308. The number of hydrogen-bond acceptors (Lipinski definition) is 4. The average molecular weight is 357 g/mol. The van der Waals surface area contributed by atoms with Gasteiger partial charge in [-0.25, -0.2) is 4.68 Å². The van der Waals surface area contributed by atoms with Gasteiger partial charge in [0.05, 0.1) is 23.0 Å². The third-order valence-corrected chi connectivity index (χ3v) is 4.92. The zero-order chi connectivity index (χ0) is 18.8. The Kier molecular flexibility index (Phi) is 4.45. The number of nitrogens with two attached hydrogens (primary N) is 1. The highest BCUT2D eigenvalue weighted by molar-refractivity contribution is 5.93. The lowest BCUT2D eigenvalue weighted by atomic mass is 9.98. The van der Waals surface area contributed by atoms with Gasteiger partial charge in [0.15, 0.2) is 0 Å². The lowest BCUT2D eigenvalue weighted by molar-refractivity contribution is 0.0993. The van der Waals surface area contributed by atoms with E-state index in [2.05, 4.69) is 28.6 Å². The smallest absolute Gasteiger partial charge is 0.267 e. The van der Waals surface area contributed by atoms with Gasteiger partial charge in [-0.2, -0.15) is 10.4 Å². The van der Waals surface area contributed by atoms with Gasteiger partial charge in [0.2, 0.25) is 0 Å². The van der Waals surface area contributed by atoms with Crippen LogP contribution in [0.2, 0.25) is 0 Å². The van der Waals surface area contributed by atoms with Gasteiger partial charge < -0.3 is 11.1 Å². The molecule has 6 heteroatoms. The number of carbonyl (C=O) groups excluding carboxylic acids is 1. The van der Waals surface area contributed by atoms with Crippen LogP contribution >= 0.6 is 0 Å². The van der Waals surface area contributed by atoms with E-state index in [9.17, 15) is 4.79 Å². The Hall–Kier alpha value is -3.43. The van der Waals surface area contributed by atoms with E-state index >= 15 is 0 Å². The largest absolute Gasteiger partial charge is 0.364 e. The number of rotatable bonds is 4. The third-order valence-electron chi connectivity index (χ3n) is 4.92. The summed E-state index contributed by atoms with van der Waals surface area (Å²) < 4.78 is 1.56. The Labute approximate surface area is 157 Å². The highest BCUT2D eigenvalue weighted by atomic mass is 16.1. The number of aromatic nitrogens is 2. The molecule has 2 aromatic carbocycles. The van der Waals surface area contributed by atoms with Crippen LogP contribution in [0.5, 0.6) is 0 Å². The Bertz CT molecular complexity index is 1020. The number of nitrogens with zero attached hydrogens (tertiary/aromatic N) is 3. The molecule has 0 aliphatic carbocycles. The van der Waals surface area contributed by atoms with Crippen LogP contribution in [0.3, 0.4) is 0 Å². The van der Waals surface area contributed by atoms with Crippen molar-refractivity contribution in [2.24, 2.45) is 5.73 Å². The lowest BCUT2D eigenvalue weighted by Gasteiger charge is -2.10. The van der Waals surface area contributed by atoms with Crippen LogP contribution in [0.25, 0.3) is 16.9 Å². The topological polar surface area (TPSA) is 96.7 Å². The molecular weight excluding hydrogens is 338 g/mol. The van der Waals surface area contributed by atoms with E-state index in [1.54, 1.807) is 28.9 Å². The predicted octanol–water partition coefficient (Wildman–Crippen LogP) is 2.59. The van der Waals surface area contributed by atoms with E-state index in [1.165, 1.54) is 5.56 Å². The average Bonchev–Trinajstić information content (AvgIpc) is 3.38. The van der Waals surface area contributed by atoms with Gasteiger partial charge in [-0.05, 0) is 54.8 Å². The maximum Gasteiger partial charge on any atom is 0.267 e. The van der Waals surface area contributed by atoms with Crippen LogP contribution in [0.15, 0.2) is 54.6 Å². The van der Waals surface area contributed by atoms with Crippen molar-refractivity contribution in [2.75, 3.05) is 13.1 Å². The summed E-state index contributed by atoms with van der Waals surface area (Å²) in [6.45, 7) is 2.04. The van der Waals surface area contributed by atoms with E-state index in [1.807, 2.05) is 18.2 Å². The van der Waals surface area contributed by atoms with Crippen LogP contribution < -0.4 is 11.1 Å². The minimum atomic E-state index is -0.547. The Morgan fingerprint density at radius 2 is 2.04 bits per heavy atom. The molecule has 27 heavy (non-hydrogen) atoms. The quantitative estimate of drug-likeness (QED) is 0.750. The lowest BCUT2D eigenvalue weighted by Crippen LogP contribution is -2.16. The molecule has 3 N–H and O–H groups in total. The van der Waals surface area contributed by atoms with Crippen molar-refractivity contribution in [1.29, 1.82) is 5.26 Å². The summed E-state index contributed by atoms with van der Waals surface area (Å²) in [5.41, 5.74) is 9.84. The third kappa shape index (κ3) is 3.33. The molecule has 4 rings (SSSR count). The van der Waals surface area contributed by atoms with E-state index < -0.39 is 5.91 Å². The molecule has 1 atom stereocenters. The molecule has 2 heterocycles. The molecule has 1 unspecified atom stereocenters. The van der Waals surface area contributed by atoms with Gasteiger partial charge in [-0.1, -0.05) is 24.3 Å². The second-order valence-corrected chi connectivity index (χ2v) is 6.66. The zero-order valence-electron chi connectivity index (χ0n) is 14.7. The number of hydrogen-bond donors (Lipinski definition) is 2. The first-order valence-electron chi connectivity index (χ1n) is 8.87. The highest BCUT2D eigenvalue weighted by Crippen LogP contribution is 2.25. The second kappa shape index (κ2) is 7.06. The van der Waals surface area contributed by atoms with Crippen molar-refractivity contribution >= 4 is 5.91 Å². The van der Waals surface area contributed by atoms with Gasteiger partial charge in [-0.15, -0.1) is 0 Å². The number of carbonyl (C=O) groups is 1. The zero-order valence-corrected chi connectivity index (χ0v) is 14.7. The summed E-state index contributed by atoms with van der Waals surface area (Å²) >= 11 is 0. The number of amides is 1. The second-order valence-electron chi connectivity index (χ2n) is 6.66. The molecule has 0 bridgehead atoms. The summed E-state index contributed by atoms with van der Waals surface area (Å²) in [7, 11) is 0. The summed E-state index contributed by atoms with van der Waals surface area (Å²) in [5.74, 6) is -0.0224. The number of nitriles is 1. The van der Waals surface area contributed by atoms with Crippen LogP contribution in [0.1, 0.15) is 34.0 Å². The van der Waals surface area contributed by atoms with Crippen molar-refractivity contribution in [3.8, 4) is 23.0 Å². The summed E-state index contributed by atoms with van der Waals surface area (Å²) in [6.07, 6.45) is 1.13. The van der Waals surface area contributed by atoms with Crippen LogP contribution in [-0.2, 0) is 0 Å². The minimum Gasteiger partial charge on any atom is -0.364 e. The fraction of sp³-hybridized carbons (Fsp3) is 0.190. The molecule has 0 saturated carbocycles. The Morgan fingerprint density at radius 3 is 2.70 bits per heavy atom. The first-order valence-corrected chi connectivity index (χ1v) is 8.87. The fourth-order valence-electron chi connectivity index (χ4n) is 3.47. The number of nitrogens with one attached hydrogen (secondary N) is 1. The maximum atomic E-state index is 11.9. The molecule has 1 aliphatic rings. The molecule has 1 aromatic heterocycles. The van der Waals surface area contributed by atoms with Gasteiger partial charge in [0.25, 0.3) is 5.91 Å². The number of benzene rings is 2. The van der Waals surface area contributed by atoms with Crippen LogP contribution in [-0.4, -0.2) is 28.8 Å². The van der Waals surface area contributed by atoms with Crippen molar-refractivity contribution in [3.63, 3.8) is 0 Å². The Morgan fingerprint density at radius 1 is 1.22 bits per heavy atom. The number of primary amides is 1. The molecule has 0 radical (unpaired) electrons. The highest BCUT2D eigenvalue weighted by Gasteiger charge is 2.18. The first kappa shape index (κ1) is 17.0. The van der Waals surface area contributed by atoms with Gasteiger partial charge in [-0.3, -0.25) is 4.79 Å². The Balaban J connectivity index is 1.72. The van der Waals surface area contributed by atoms with E-state index in [-0.39, 0.29) is 0 Å². The summed E-state index contributed by atoms with van der Waals surface area (Å²) in [6, 6.07) is 19.0. The monoisotopic (exact) mass is 357 g/mol. The summed E-state index contributed by atoms with van der Waals surface area (Å²) in [4.78, 5) is 11.9. The molecule has 1 amide bonds. The molecule has 1 aliphatic heterocycles. The standard InChI is InChI=1S/C21H19N5O/c22-12-14-2-1-3-16(10-14)19-11-20(21(23)27)26(25-19)18-6-4-15(5-7-18)17-8-9-24-13-17/h1-7,10-11,17,24H,8-9,13H2,(H2,23,27). The first-order chi connectivity index (χ1) is 13.2. The molecule has 1 fully saturated rings. The molecule has 1 saturated heterocycles. The predicted molar refractivity (Wildman–Crippen MR) is 102 cm³/mol. The van der Waals surface area contributed by atoms with Gasteiger partial charge in [0.1, 0.15) is 5.69 Å². The van der Waals surface area contributed by atoms with Crippen LogP contribution in [0, 0.1) is 11.3 Å². The normalized spacial score (nSPS) is 16.2. The van der Waals surface area contributed by atoms with Crippen molar-refractivity contribution in [2.45, 2.75) is 12.3 Å². The van der Waals surface area contributed by atoms with E-state index in [0.717, 1.165) is 30.8 Å².